The number of hydrogen-bond donors (Lipinski definition) is 1. The standard InChI is InChI=1S/C14H20ClNO/c1-11-4-5-13(15)14(9-11)17-8-6-12-3-2-7-16-10-12/h4-5,9,12,16H,2-3,6-8,10H2,1H3. The molecule has 94 valence electrons. The Morgan fingerprint density at radius 1 is 1.47 bits per heavy atom. The van der Waals surface area contributed by atoms with Crippen molar-refractivity contribution in [2.75, 3.05) is 19.7 Å². The maximum atomic E-state index is 6.08. The number of hydrogen-bond acceptors (Lipinski definition) is 2. The fourth-order valence-corrected chi connectivity index (χ4v) is 2.40. The quantitative estimate of drug-likeness (QED) is 0.888. The summed E-state index contributed by atoms with van der Waals surface area (Å²) in [5, 5.41) is 4.13. The Morgan fingerprint density at radius 2 is 2.35 bits per heavy atom. The van der Waals surface area contributed by atoms with Crippen molar-refractivity contribution < 1.29 is 4.74 Å². The molecule has 1 aromatic carbocycles. The van der Waals surface area contributed by atoms with Gasteiger partial charge in [0, 0.05) is 0 Å². The summed E-state index contributed by atoms with van der Waals surface area (Å²) >= 11 is 6.08. The SMILES string of the molecule is Cc1ccc(Cl)c(OCCC2CCCNC2)c1. The van der Waals surface area contributed by atoms with Gasteiger partial charge in [0.1, 0.15) is 5.75 Å². The molecule has 2 nitrogen and oxygen atoms in total. The van der Waals surface area contributed by atoms with Crippen LogP contribution in [0.3, 0.4) is 0 Å². The molecule has 1 unspecified atom stereocenters. The second-order valence-corrected chi connectivity index (χ2v) is 5.19. The number of piperidine rings is 1. The fourth-order valence-electron chi connectivity index (χ4n) is 2.23. The van der Waals surface area contributed by atoms with Gasteiger partial charge in [-0.3, -0.25) is 0 Å². The molecule has 1 aromatic rings. The Hall–Kier alpha value is -0.730. The van der Waals surface area contributed by atoms with Crippen LogP contribution in [0.25, 0.3) is 0 Å². The highest BCUT2D eigenvalue weighted by molar-refractivity contribution is 6.32. The average molecular weight is 254 g/mol. The summed E-state index contributed by atoms with van der Waals surface area (Å²) in [6, 6.07) is 5.90. The largest absolute Gasteiger partial charge is 0.492 e. The Bertz CT molecular complexity index is 361. The number of halogens is 1. The van der Waals surface area contributed by atoms with Crippen molar-refractivity contribution >= 4 is 11.6 Å². The first kappa shape index (κ1) is 12.7. The predicted molar refractivity (Wildman–Crippen MR) is 71.9 cm³/mol. The van der Waals surface area contributed by atoms with E-state index in [1.54, 1.807) is 0 Å². The summed E-state index contributed by atoms with van der Waals surface area (Å²) in [5.41, 5.74) is 1.18. The van der Waals surface area contributed by atoms with Crippen LogP contribution in [-0.4, -0.2) is 19.7 Å². The fraction of sp³-hybridized carbons (Fsp3) is 0.571. The normalized spacial score (nSPS) is 20.2. The van der Waals surface area contributed by atoms with E-state index in [2.05, 4.69) is 5.32 Å². The lowest BCUT2D eigenvalue weighted by atomic mass is 9.97. The van der Waals surface area contributed by atoms with Crippen molar-refractivity contribution in [2.45, 2.75) is 26.2 Å². The molecule has 1 fully saturated rings. The highest BCUT2D eigenvalue weighted by atomic mass is 35.5. The van der Waals surface area contributed by atoms with Crippen LogP contribution in [0.1, 0.15) is 24.8 Å². The van der Waals surface area contributed by atoms with Crippen LogP contribution in [-0.2, 0) is 0 Å². The molecule has 1 aliphatic rings. The predicted octanol–water partition coefficient (Wildman–Crippen LogP) is 3.42. The van der Waals surface area contributed by atoms with E-state index in [0.717, 1.165) is 31.2 Å². The molecule has 1 aliphatic heterocycles. The third-order valence-electron chi connectivity index (χ3n) is 3.27. The number of aryl methyl sites for hydroxylation is 1. The number of nitrogens with one attached hydrogen (secondary N) is 1. The minimum atomic E-state index is 0.706. The van der Waals surface area contributed by atoms with Gasteiger partial charge in [-0.2, -0.15) is 0 Å². The molecule has 2 rings (SSSR count). The van der Waals surface area contributed by atoms with Gasteiger partial charge in [-0.1, -0.05) is 17.7 Å². The number of rotatable bonds is 4. The van der Waals surface area contributed by atoms with Crippen LogP contribution in [0.4, 0.5) is 0 Å². The van der Waals surface area contributed by atoms with Crippen molar-refractivity contribution in [3.8, 4) is 5.75 Å². The average Bonchev–Trinajstić information content (AvgIpc) is 2.35. The summed E-state index contributed by atoms with van der Waals surface area (Å²) in [7, 11) is 0. The van der Waals surface area contributed by atoms with E-state index in [1.165, 1.54) is 24.9 Å². The smallest absolute Gasteiger partial charge is 0.138 e. The zero-order valence-electron chi connectivity index (χ0n) is 10.3. The number of ether oxygens (including phenoxy) is 1. The molecular formula is C14H20ClNO. The minimum Gasteiger partial charge on any atom is -0.492 e. The van der Waals surface area contributed by atoms with Gasteiger partial charge in [0.2, 0.25) is 0 Å². The Kier molecular flexibility index (Phi) is 4.69. The molecule has 0 spiro atoms. The molecule has 0 bridgehead atoms. The molecule has 0 amide bonds. The molecule has 0 aromatic heterocycles. The first-order valence-electron chi connectivity index (χ1n) is 6.35. The van der Waals surface area contributed by atoms with Gasteiger partial charge in [-0.05, 0) is 62.9 Å². The molecule has 0 aliphatic carbocycles. The maximum absolute atomic E-state index is 6.08. The van der Waals surface area contributed by atoms with Gasteiger partial charge < -0.3 is 10.1 Å². The van der Waals surface area contributed by atoms with Gasteiger partial charge >= 0.3 is 0 Å². The van der Waals surface area contributed by atoms with Crippen LogP contribution in [0.15, 0.2) is 18.2 Å². The van der Waals surface area contributed by atoms with E-state index in [-0.39, 0.29) is 0 Å². The van der Waals surface area contributed by atoms with E-state index in [9.17, 15) is 0 Å². The van der Waals surface area contributed by atoms with E-state index >= 15 is 0 Å². The zero-order valence-corrected chi connectivity index (χ0v) is 11.1. The second kappa shape index (κ2) is 6.27. The third kappa shape index (κ3) is 3.90. The first-order chi connectivity index (χ1) is 8.25. The zero-order chi connectivity index (χ0) is 12.1. The third-order valence-corrected chi connectivity index (χ3v) is 3.58. The maximum Gasteiger partial charge on any atom is 0.138 e. The van der Waals surface area contributed by atoms with E-state index < -0.39 is 0 Å². The van der Waals surface area contributed by atoms with Gasteiger partial charge in [-0.15, -0.1) is 0 Å². The van der Waals surface area contributed by atoms with Crippen molar-refractivity contribution in [1.82, 2.24) is 5.32 Å². The van der Waals surface area contributed by atoms with Crippen molar-refractivity contribution in [1.29, 1.82) is 0 Å². The summed E-state index contributed by atoms with van der Waals surface area (Å²) in [6.07, 6.45) is 3.71. The van der Waals surface area contributed by atoms with Gasteiger partial charge in [0.25, 0.3) is 0 Å². The van der Waals surface area contributed by atoms with E-state index in [0.29, 0.717) is 5.02 Å². The summed E-state index contributed by atoms with van der Waals surface area (Å²) < 4.78 is 5.76. The molecule has 1 N–H and O–H groups in total. The highest BCUT2D eigenvalue weighted by Gasteiger charge is 2.12. The molecule has 1 saturated heterocycles. The van der Waals surface area contributed by atoms with Crippen LogP contribution in [0.5, 0.6) is 5.75 Å². The second-order valence-electron chi connectivity index (χ2n) is 4.78. The van der Waals surface area contributed by atoms with E-state index in [4.69, 9.17) is 16.3 Å². The van der Waals surface area contributed by atoms with Crippen molar-refractivity contribution in [2.24, 2.45) is 5.92 Å². The van der Waals surface area contributed by atoms with E-state index in [1.807, 2.05) is 25.1 Å². The van der Waals surface area contributed by atoms with Gasteiger partial charge in [0.05, 0.1) is 11.6 Å². The van der Waals surface area contributed by atoms with Crippen molar-refractivity contribution in [3.05, 3.63) is 28.8 Å². The Labute approximate surface area is 108 Å². The van der Waals surface area contributed by atoms with Crippen LogP contribution >= 0.6 is 11.6 Å². The Morgan fingerprint density at radius 3 is 3.12 bits per heavy atom. The van der Waals surface area contributed by atoms with Gasteiger partial charge in [0.15, 0.2) is 0 Å². The first-order valence-corrected chi connectivity index (χ1v) is 6.73. The lowest BCUT2D eigenvalue weighted by Gasteiger charge is -2.22. The topological polar surface area (TPSA) is 21.3 Å². The summed E-state index contributed by atoms with van der Waals surface area (Å²) in [5.74, 6) is 1.57. The lowest BCUT2D eigenvalue weighted by molar-refractivity contribution is 0.254. The van der Waals surface area contributed by atoms with Gasteiger partial charge in [-0.25, -0.2) is 0 Å². The number of benzene rings is 1. The lowest BCUT2D eigenvalue weighted by Crippen LogP contribution is -2.30. The minimum absolute atomic E-state index is 0.706. The molecule has 0 radical (unpaired) electrons. The Balaban J connectivity index is 1.79. The highest BCUT2D eigenvalue weighted by Crippen LogP contribution is 2.26. The van der Waals surface area contributed by atoms with Crippen LogP contribution in [0, 0.1) is 12.8 Å². The molecule has 0 saturated carbocycles. The molecule has 3 heteroatoms. The molecule has 1 heterocycles. The molecular weight excluding hydrogens is 234 g/mol. The monoisotopic (exact) mass is 253 g/mol. The summed E-state index contributed by atoms with van der Waals surface area (Å²) in [4.78, 5) is 0. The molecule has 1 atom stereocenters. The van der Waals surface area contributed by atoms with Crippen LogP contribution in [0.2, 0.25) is 5.02 Å². The summed E-state index contributed by atoms with van der Waals surface area (Å²) in [6.45, 7) is 5.11. The van der Waals surface area contributed by atoms with Crippen molar-refractivity contribution in [3.63, 3.8) is 0 Å². The van der Waals surface area contributed by atoms with Crippen LogP contribution < -0.4 is 10.1 Å². The molecule has 17 heavy (non-hydrogen) atoms.